The molecule has 0 aliphatic carbocycles. The van der Waals surface area contributed by atoms with Gasteiger partial charge in [-0.25, -0.2) is 9.67 Å². The van der Waals surface area contributed by atoms with Crippen LogP contribution in [-0.2, 0) is 16.9 Å². The highest BCUT2D eigenvalue weighted by Gasteiger charge is 2.40. The minimum absolute atomic E-state index is 0.0952. The van der Waals surface area contributed by atoms with Gasteiger partial charge in [-0.2, -0.15) is 14.6 Å². The van der Waals surface area contributed by atoms with Crippen molar-refractivity contribution in [3.05, 3.63) is 84.5 Å². The van der Waals surface area contributed by atoms with Crippen LogP contribution in [0.25, 0.3) is 28.3 Å². The van der Waals surface area contributed by atoms with Gasteiger partial charge in [-0.1, -0.05) is 30.3 Å². The number of anilines is 1. The van der Waals surface area contributed by atoms with Crippen LogP contribution in [0.1, 0.15) is 18.2 Å². The number of benzene rings is 1. The van der Waals surface area contributed by atoms with E-state index in [0.29, 0.717) is 45.3 Å². The van der Waals surface area contributed by atoms with Gasteiger partial charge in [-0.15, -0.1) is 5.10 Å². The zero-order chi connectivity index (χ0) is 26.3. The average Bonchev–Trinajstić information content (AvgIpc) is 3.72. The van der Waals surface area contributed by atoms with E-state index in [1.807, 2.05) is 30.3 Å². The number of carbonyl (C=O) groups is 1. The third-order valence-electron chi connectivity index (χ3n) is 6.44. The number of aromatic nitrogens is 7. The number of methoxy groups -OCH3 is 1. The Hall–Kier alpha value is -5.26. The fraction of sp³-hybridized carbons (Fsp3) is 0.154. The lowest BCUT2D eigenvalue weighted by molar-refractivity contribution is -0.127. The molecule has 5 heterocycles. The number of fused-ring (bicyclic) bond motifs is 3. The van der Waals surface area contributed by atoms with Crippen molar-refractivity contribution >= 4 is 28.5 Å². The van der Waals surface area contributed by atoms with Crippen molar-refractivity contribution in [2.45, 2.75) is 19.0 Å². The molecule has 6 rings (SSSR count). The summed E-state index contributed by atoms with van der Waals surface area (Å²) in [4.78, 5) is 27.4. The van der Waals surface area contributed by atoms with Gasteiger partial charge < -0.3 is 20.2 Å². The molecule has 1 unspecified atom stereocenters. The molecular formula is C26H23N9O3. The predicted octanol–water partition coefficient (Wildman–Crippen LogP) is 2.80. The molecule has 0 aliphatic rings. The monoisotopic (exact) mass is 509 g/mol. The van der Waals surface area contributed by atoms with Crippen LogP contribution in [0.2, 0.25) is 0 Å². The van der Waals surface area contributed by atoms with Crippen LogP contribution in [-0.4, -0.2) is 47.4 Å². The summed E-state index contributed by atoms with van der Waals surface area (Å²) in [6.45, 7) is 1.99. The number of carbonyl (C=O) groups excluding carboxylic acids is 1. The molecule has 12 nitrogen and oxygen atoms in total. The van der Waals surface area contributed by atoms with E-state index in [-0.39, 0.29) is 18.4 Å². The van der Waals surface area contributed by atoms with Crippen LogP contribution in [0.15, 0.2) is 77.7 Å². The van der Waals surface area contributed by atoms with Crippen LogP contribution in [0.5, 0.6) is 5.75 Å². The molecule has 6 aromatic rings. The van der Waals surface area contributed by atoms with E-state index in [4.69, 9.17) is 14.9 Å². The Morgan fingerprint density at radius 1 is 1.08 bits per heavy atom. The largest absolute Gasteiger partial charge is 0.495 e. The van der Waals surface area contributed by atoms with Gasteiger partial charge in [0.15, 0.2) is 22.6 Å². The highest BCUT2D eigenvalue weighted by molar-refractivity contribution is 5.94. The zero-order valence-electron chi connectivity index (χ0n) is 20.6. The summed E-state index contributed by atoms with van der Waals surface area (Å²) in [6, 6.07) is 16.4. The topological polar surface area (TPSA) is 151 Å². The van der Waals surface area contributed by atoms with Crippen molar-refractivity contribution in [2.24, 2.45) is 0 Å². The van der Waals surface area contributed by atoms with Crippen molar-refractivity contribution in [2.75, 3.05) is 12.8 Å². The lowest BCUT2D eigenvalue weighted by atomic mass is 9.91. The van der Waals surface area contributed by atoms with Crippen molar-refractivity contribution < 1.29 is 13.9 Å². The van der Waals surface area contributed by atoms with Gasteiger partial charge >= 0.3 is 0 Å². The lowest BCUT2D eigenvalue weighted by Crippen LogP contribution is -2.48. The van der Waals surface area contributed by atoms with E-state index >= 15 is 0 Å². The smallest absolute Gasteiger partial charge is 0.252 e. The maximum atomic E-state index is 13.9. The molecule has 38 heavy (non-hydrogen) atoms. The maximum Gasteiger partial charge on any atom is 0.252 e. The van der Waals surface area contributed by atoms with Gasteiger partial charge in [0.25, 0.3) is 5.91 Å². The van der Waals surface area contributed by atoms with E-state index in [1.54, 1.807) is 61.6 Å². The Balaban J connectivity index is 1.44. The molecule has 5 aromatic heterocycles. The number of amides is 1. The molecule has 1 amide bonds. The standard InChI is InChI=1S/C26H23N9O3/c1-26(16-7-4-3-5-8-16,24(36)29-13-17-10-11-18(37-2)14-28-17)35-23-19(15-30-35)22-31-21(20-9-6-12-38-20)33-34(22)25(27)32-23/h3-12,14-15H,13H2,1-2H3,(H2,27,32)(H,29,36). The van der Waals surface area contributed by atoms with Gasteiger partial charge in [0.05, 0.1) is 43.4 Å². The van der Waals surface area contributed by atoms with Gasteiger partial charge in [0.2, 0.25) is 11.8 Å². The van der Waals surface area contributed by atoms with Crippen molar-refractivity contribution in [1.29, 1.82) is 0 Å². The zero-order valence-corrected chi connectivity index (χ0v) is 20.6. The van der Waals surface area contributed by atoms with Gasteiger partial charge in [-0.05, 0) is 36.8 Å². The molecule has 3 N–H and O–H groups in total. The Morgan fingerprint density at radius 2 is 1.92 bits per heavy atom. The number of hydrogen-bond donors (Lipinski definition) is 2. The number of nitrogens with one attached hydrogen (secondary N) is 1. The fourth-order valence-electron chi connectivity index (χ4n) is 4.34. The first-order valence-corrected chi connectivity index (χ1v) is 11.8. The van der Waals surface area contributed by atoms with Crippen LogP contribution < -0.4 is 15.8 Å². The highest BCUT2D eigenvalue weighted by Crippen LogP contribution is 2.31. The van der Waals surface area contributed by atoms with E-state index in [2.05, 4.69) is 30.5 Å². The number of nitrogen functional groups attached to an aromatic ring is 1. The van der Waals surface area contributed by atoms with Crippen molar-refractivity contribution in [1.82, 2.24) is 39.7 Å². The quantitative estimate of drug-likeness (QED) is 0.331. The average molecular weight is 510 g/mol. The Bertz CT molecular complexity index is 1740. The Morgan fingerprint density at radius 3 is 2.63 bits per heavy atom. The third kappa shape index (κ3) is 3.70. The highest BCUT2D eigenvalue weighted by atomic mass is 16.5. The molecule has 0 spiro atoms. The van der Waals surface area contributed by atoms with E-state index in [1.165, 1.54) is 4.52 Å². The number of nitrogens with zero attached hydrogens (tertiary/aromatic N) is 7. The number of nitrogens with two attached hydrogens (primary N) is 1. The van der Waals surface area contributed by atoms with E-state index in [0.717, 1.165) is 0 Å². The summed E-state index contributed by atoms with van der Waals surface area (Å²) in [6.07, 6.45) is 4.76. The number of ether oxygens (including phenoxy) is 1. The summed E-state index contributed by atoms with van der Waals surface area (Å²) >= 11 is 0. The molecule has 12 heteroatoms. The summed E-state index contributed by atoms with van der Waals surface area (Å²) < 4.78 is 13.6. The van der Waals surface area contributed by atoms with Gasteiger partial charge in [-0.3, -0.25) is 9.78 Å². The molecule has 1 aromatic carbocycles. The molecule has 0 aliphatic heterocycles. The Labute approximate surface area is 216 Å². The van der Waals surface area contributed by atoms with Crippen molar-refractivity contribution in [3.8, 4) is 17.3 Å². The molecule has 0 bridgehead atoms. The minimum Gasteiger partial charge on any atom is -0.495 e. The second kappa shape index (κ2) is 9.00. The molecule has 0 fully saturated rings. The second-order valence-corrected chi connectivity index (χ2v) is 8.72. The van der Waals surface area contributed by atoms with Crippen LogP contribution in [0.4, 0.5) is 5.95 Å². The second-order valence-electron chi connectivity index (χ2n) is 8.72. The van der Waals surface area contributed by atoms with Crippen molar-refractivity contribution in [3.63, 3.8) is 0 Å². The first kappa shape index (κ1) is 23.2. The van der Waals surface area contributed by atoms with Crippen LogP contribution in [0, 0.1) is 0 Å². The molecular weight excluding hydrogens is 486 g/mol. The summed E-state index contributed by atoms with van der Waals surface area (Å²) in [5, 5.41) is 12.6. The molecule has 0 radical (unpaired) electrons. The number of furan rings is 1. The third-order valence-corrected chi connectivity index (χ3v) is 6.44. The maximum absolute atomic E-state index is 13.9. The normalized spacial score (nSPS) is 13.0. The first-order chi connectivity index (χ1) is 18.5. The number of pyridine rings is 1. The van der Waals surface area contributed by atoms with Gasteiger partial charge in [0.1, 0.15) is 5.75 Å². The number of rotatable bonds is 7. The lowest BCUT2D eigenvalue weighted by Gasteiger charge is -2.29. The fourth-order valence-corrected chi connectivity index (χ4v) is 4.34. The Kier molecular flexibility index (Phi) is 5.48. The SMILES string of the molecule is COc1ccc(CNC(=O)C(C)(c2ccccc2)n2ncc3c2nc(N)n2nc(-c4ccco4)nc32)nc1. The van der Waals surface area contributed by atoms with Gasteiger partial charge in [0, 0.05) is 0 Å². The number of hydrogen-bond acceptors (Lipinski definition) is 9. The summed E-state index contributed by atoms with van der Waals surface area (Å²) in [5.74, 6) is 1.28. The molecule has 0 saturated heterocycles. The minimum atomic E-state index is -1.28. The van der Waals surface area contributed by atoms with E-state index < -0.39 is 5.54 Å². The summed E-state index contributed by atoms with van der Waals surface area (Å²) in [7, 11) is 1.57. The molecule has 1 atom stereocenters. The van der Waals surface area contributed by atoms with E-state index in [9.17, 15) is 4.79 Å². The van der Waals surface area contributed by atoms with Crippen LogP contribution >= 0.6 is 0 Å². The summed E-state index contributed by atoms with van der Waals surface area (Å²) in [5.41, 5.74) is 7.24. The molecule has 0 saturated carbocycles. The predicted molar refractivity (Wildman–Crippen MR) is 138 cm³/mol. The van der Waals surface area contributed by atoms with Crippen LogP contribution in [0.3, 0.4) is 0 Å². The first-order valence-electron chi connectivity index (χ1n) is 11.8. The molecule has 190 valence electrons.